The monoisotopic (exact) mass is 592 g/mol. The van der Waals surface area contributed by atoms with Gasteiger partial charge in [-0.1, -0.05) is 30.0 Å². The Morgan fingerprint density at radius 3 is 2.52 bits per heavy atom. The molecule has 0 unspecified atom stereocenters. The van der Waals surface area contributed by atoms with E-state index < -0.39 is 23.0 Å². The molecule has 0 saturated heterocycles. The van der Waals surface area contributed by atoms with Crippen molar-refractivity contribution in [1.82, 2.24) is 19.5 Å². The number of nitrogens with zero attached hydrogens (tertiary/aromatic N) is 4. The van der Waals surface area contributed by atoms with Crippen molar-refractivity contribution < 1.29 is 23.1 Å². The van der Waals surface area contributed by atoms with E-state index in [1.165, 1.54) is 23.2 Å². The molecule has 8 nitrogen and oxygen atoms in total. The van der Waals surface area contributed by atoms with Gasteiger partial charge in [0.25, 0.3) is 5.56 Å². The second-order valence-electron chi connectivity index (χ2n) is 9.87. The van der Waals surface area contributed by atoms with Gasteiger partial charge in [-0.3, -0.25) is 14.2 Å². The Morgan fingerprint density at radius 2 is 1.75 bits per heavy atom. The van der Waals surface area contributed by atoms with Gasteiger partial charge in [0.1, 0.15) is 11.4 Å². The first-order chi connectivity index (χ1) is 21.3. The molecule has 44 heavy (non-hydrogen) atoms. The second kappa shape index (κ2) is 13.6. The zero-order valence-corrected chi connectivity index (χ0v) is 23.7. The lowest BCUT2D eigenvalue weighted by molar-refractivity contribution is 0.0526. The summed E-state index contributed by atoms with van der Waals surface area (Å²) in [6.45, 7) is 2.03. The van der Waals surface area contributed by atoms with Crippen molar-refractivity contribution >= 4 is 22.7 Å². The number of ketones is 1. The molecular formula is C34H26F2N4O4. The zero-order chi connectivity index (χ0) is 31.1. The lowest BCUT2D eigenvalue weighted by Crippen LogP contribution is -2.27. The quantitative estimate of drug-likeness (QED) is 0.130. The molecule has 0 N–H and O–H groups in total. The third-order valence-corrected chi connectivity index (χ3v) is 6.71. The number of hydrogen-bond donors (Lipinski definition) is 0. The molecule has 0 radical (unpaired) electrons. The van der Waals surface area contributed by atoms with Crippen molar-refractivity contribution in [2.45, 2.75) is 32.7 Å². The predicted octanol–water partition coefficient (Wildman–Crippen LogP) is 5.30. The van der Waals surface area contributed by atoms with Crippen LogP contribution >= 0.6 is 0 Å². The molecular weight excluding hydrogens is 566 g/mol. The molecule has 2 aromatic heterocycles. The van der Waals surface area contributed by atoms with Gasteiger partial charge in [0.15, 0.2) is 17.4 Å². The average Bonchev–Trinajstić information content (AvgIpc) is 3.02. The number of rotatable bonds is 9. The van der Waals surface area contributed by atoms with Crippen LogP contribution in [0.1, 0.15) is 63.0 Å². The van der Waals surface area contributed by atoms with Crippen LogP contribution in [0.15, 0.2) is 84.2 Å². The van der Waals surface area contributed by atoms with Gasteiger partial charge in [-0.2, -0.15) is 0 Å². The topological polar surface area (TPSA) is 104 Å². The summed E-state index contributed by atoms with van der Waals surface area (Å²) in [7, 11) is 0. The third-order valence-electron chi connectivity index (χ3n) is 6.71. The van der Waals surface area contributed by atoms with Crippen LogP contribution in [0.3, 0.4) is 0 Å². The van der Waals surface area contributed by atoms with Crippen molar-refractivity contribution in [1.29, 1.82) is 0 Å². The Balaban J connectivity index is 1.19. The number of Topliss-reactive ketones (excluding diaryl/α,β-unsaturated/α-hetero) is 1. The van der Waals surface area contributed by atoms with Crippen molar-refractivity contribution in [2.75, 3.05) is 6.61 Å². The molecule has 0 aliphatic heterocycles. The summed E-state index contributed by atoms with van der Waals surface area (Å²) < 4.78 is 32.9. The van der Waals surface area contributed by atoms with Crippen LogP contribution in [0.2, 0.25) is 0 Å². The Morgan fingerprint density at radius 1 is 0.955 bits per heavy atom. The van der Waals surface area contributed by atoms with E-state index in [4.69, 9.17) is 4.74 Å². The van der Waals surface area contributed by atoms with E-state index in [9.17, 15) is 23.2 Å². The van der Waals surface area contributed by atoms with E-state index >= 15 is 0 Å². The van der Waals surface area contributed by atoms with Crippen LogP contribution in [-0.4, -0.2) is 37.9 Å². The van der Waals surface area contributed by atoms with Gasteiger partial charge in [0.05, 0.1) is 30.6 Å². The lowest BCUT2D eigenvalue weighted by Gasteiger charge is -2.07. The molecule has 0 bridgehead atoms. The maximum absolute atomic E-state index is 13.5. The molecule has 220 valence electrons. The Hall–Kier alpha value is -5.56. The smallest absolute Gasteiger partial charge is 0.338 e. The van der Waals surface area contributed by atoms with Gasteiger partial charge >= 0.3 is 5.97 Å². The minimum atomic E-state index is -1.02. The normalized spacial score (nSPS) is 10.7. The molecule has 0 fully saturated rings. The molecule has 0 saturated carbocycles. The molecule has 5 aromatic rings. The predicted molar refractivity (Wildman–Crippen MR) is 159 cm³/mol. The van der Waals surface area contributed by atoms with E-state index in [0.29, 0.717) is 30.0 Å². The van der Waals surface area contributed by atoms with Crippen LogP contribution < -0.4 is 5.56 Å². The molecule has 3 aromatic carbocycles. The summed E-state index contributed by atoms with van der Waals surface area (Å²) in [5.74, 6) is 3.86. The van der Waals surface area contributed by atoms with Gasteiger partial charge in [-0.15, -0.1) is 0 Å². The first kappa shape index (κ1) is 29.9. The third kappa shape index (κ3) is 7.25. The first-order valence-electron chi connectivity index (χ1n) is 13.8. The highest BCUT2D eigenvalue weighted by Gasteiger charge is 2.13. The molecule has 0 atom stereocenters. The number of fused-ring (bicyclic) bond motifs is 1. The Labute approximate surface area is 251 Å². The summed E-state index contributed by atoms with van der Waals surface area (Å²) in [6, 6.07) is 16.0. The lowest BCUT2D eigenvalue weighted by atomic mass is 10.1. The molecule has 0 aliphatic rings. The number of carbonyl (C=O) groups excluding carboxylic acids is 2. The number of hydrogen-bond acceptors (Lipinski definition) is 7. The zero-order valence-electron chi connectivity index (χ0n) is 23.7. The fraction of sp³-hybridized carbons (Fsp3) is 0.176. The number of aromatic nitrogens is 4. The average molecular weight is 593 g/mol. The van der Waals surface area contributed by atoms with Crippen LogP contribution in [0.4, 0.5) is 8.78 Å². The number of ether oxygens (including phenoxy) is 1. The van der Waals surface area contributed by atoms with E-state index in [0.717, 1.165) is 34.2 Å². The number of esters is 1. The standard InChI is InChI=1S/C34H26F2N4O4/c1-2-44-34(43)25-11-7-23(8-12-25)17-32-38-18-26-15-22(10-14-30(26)39-32)5-3-4-6-31(41)27-19-37-21-40(33(27)42)20-24-9-13-28(35)29(36)16-24/h7-16,18-19,21H,2,4,6,17,20H2,1H3. The van der Waals surface area contributed by atoms with Crippen molar-refractivity contribution in [3.05, 3.63) is 135 Å². The van der Waals surface area contributed by atoms with Gasteiger partial charge in [0, 0.05) is 42.6 Å². The van der Waals surface area contributed by atoms with Crippen LogP contribution in [0, 0.1) is 23.5 Å². The van der Waals surface area contributed by atoms with Gasteiger partial charge < -0.3 is 4.74 Å². The minimum Gasteiger partial charge on any atom is -0.462 e. The van der Waals surface area contributed by atoms with E-state index in [-0.39, 0.29) is 30.9 Å². The van der Waals surface area contributed by atoms with Crippen molar-refractivity contribution in [2.24, 2.45) is 0 Å². The number of halogens is 2. The van der Waals surface area contributed by atoms with Crippen LogP contribution in [-0.2, 0) is 17.7 Å². The van der Waals surface area contributed by atoms with Gasteiger partial charge in [-0.25, -0.2) is 28.5 Å². The summed E-state index contributed by atoms with van der Waals surface area (Å²) in [6.07, 6.45) is 4.92. The minimum absolute atomic E-state index is 0.0138. The fourth-order valence-electron chi connectivity index (χ4n) is 4.45. The summed E-state index contributed by atoms with van der Waals surface area (Å²) in [5.41, 5.74) is 2.65. The summed E-state index contributed by atoms with van der Waals surface area (Å²) in [5, 5.41) is 0.811. The molecule has 2 heterocycles. The molecule has 0 amide bonds. The maximum Gasteiger partial charge on any atom is 0.338 e. The van der Waals surface area contributed by atoms with Crippen LogP contribution in [0.5, 0.6) is 0 Å². The summed E-state index contributed by atoms with van der Waals surface area (Å²) >= 11 is 0. The SMILES string of the molecule is CCOC(=O)c1ccc(Cc2ncc3cc(C#CCCC(=O)c4cncn(Cc5ccc(F)c(F)c5)c4=O)ccc3n2)cc1. The van der Waals surface area contributed by atoms with E-state index in [1.807, 2.05) is 30.3 Å². The largest absolute Gasteiger partial charge is 0.462 e. The molecule has 10 heteroatoms. The van der Waals surface area contributed by atoms with Crippen LogP contribution in [0.25, 0.3) is 10.9 Å². The Kier molecular flexibility index (Phi) is 9.25. The summed E-state index contributed by atoms with van der Waals surface area (Å²) in [4.78, 5) is 50.4. The fourth-order valence-corrected chi connectivity index (χ4v) is 4.45. The van der Waals surface area contributed by atoms with E-state index in [1.54, 1.807) is 25.3 Å². The second-order valence-corrected chi connectivity index (χ2v) is 9.87. The number of benzene rings is 3. The molecule has 0 spiro atoms. The molecule has 5 rings (SSSR count). The van der Waals surface area contributed by atoms with Gasteiger partial charge in [-0.05, 0) is 60.5 Å². The maximum atomic E-state index is 13.5. The highest BCUT2D eigenvalue weighted by atomic mass is 19.2. The molecule has 0 aliphatic carbocycles. The van der Waals surface area contributed by atoms with Crippen molar-refractivity contribution in [3.8, 4) is 11.8 Å². The van der Waals surface area contributed by atoms with Crippen molar-refractivity contribution in [3.63, 3.8) is 0 Å². The highest BCUT2D eigenvalue weighted by molar-refractivity contribution is 5.95. The van der Waals surface area contributed by atoms with E-state index in [2.05, 4.69) is 26.8 Å². The Bertz CT molecular complexity index is 1980. The number of carbonyl (C=O) groups is 2. The first-order valence-corrected chi connectivity index (χ1v) is 13.8. The van der Waals surface area contributed by atoms with Gasteiger partial charge in [0.2, 0.25) is 0 Å². The highest BCUT2D eigenvalue weighted by Crippen LogP contribution is 2.16.